The Kier molecular flexibility index (Phi) is 4.26. The van der Waals surface area contributed by atoms with Crippen LogP contribution in [-0.2, 0) is 9.59 Å². The van der Waals surface area contributed by atoms with E-state index in [0.29, 0.717) is 11.1 Å². The molecule has 0 aliphatic rings. The normalized spacial score (nSPS) is 12.8. The minimum atomic E-state index is -5.17. The highest BCUT2D eigenvalue weighted by atomic mass is 19.4. The van der Waals surface area contributed by atoms with E-state index in [1.807, 2.05) is 0 Å². The van der Waals surface area contributed by atoms with Gasteiger partial charge in [0.2, 0.25) is 0 Å². The van der Waals surface area contributed by atoms with Gasteiger partial charge in [-0.2, -0.15) is 13.2 Å². The van der Waals surface area contributed by atoms with E-state index in [1.54, 1.807) is 0 Å². The Hall–Kier alpha value is -2.25. The zero-order valence-corrected chi connectivity index (χ0v) is 10.6. The van der Waals surface area contributed by atoms with Crippen molar-refractivity contribution >= 4 is 11.9 Å². The van der Waals surface area contributed by atoms with Crippen molar-refractivity contribution in [1.29, 1.82) is 0 Å². The maximum Gasteiger partial charge on any atom is 0.471 e. The highest BCUT2D eigenvalue weighted by molar-refractivity contribution is 5.87. The number of carboxylic acids is 1. The number of amides is 1. The molecule has 1 aromatic rings. The minimum Gasteiger partial charge on any atom is -0.507 e. The fourth-order valence-electron chi connectivity index (χ4n) is 1.66. The number of carbonyl (C=O) groups is 2. The molecular formula is C12H12F3NO4. The lowest BCUT2D eigenvalue weighted by Crippen LogP contribution is -2.41. The van der Waals surface area contributed by atoms with E-state index in [9.17, 15) is 27.9 Å². The van der Waals surface area contributed by atoms with E-state index >= 15 is 0 Å². The molecule has 1 amide bonds. The summed E-state index contributed by atoms with van der Waals surface area (Å²) in [7, 11) is 0. The summed E-state index contributed by atoms with van der Waals surface area (Å²) < 4.78 is 36.5. The number of nitrogens with one attached hydrogen (secondary N) is 1. The van der Waals surface area contributed by atoms with E-state index < -0.39 is 24.1 Å². The molecule has 0 aliphatic carbocycles. The number of aryl methyl sites for hydroxylation is 2. The van der Waals surface area contributed by atoms with Gasteiger partial charge in [0.1, 0.15) is 5.75 Å². The number of hydrogen-bond donors (Lipinski definition) is 3. The molecule has 1 unspecified atom stereocenters. The summed E-state index contributed by atoms with van der Waals surface area (Å²) in [5, 5.41) is 19.9. The van der Waals surface area contributed by atoms with Gasteiger partial charge < -0.3 is 15.5 Å². The van der Waals surface area contributed by atoms with E-state index in [2.05, 4.69) is 0 Å². The molecule has 110 valence electrons. The Labute approximate surface area is 112 Å². The van der Waals surface area contributed by atoms with Crippen molar-refractivity contribution in [3.63, 3.8) is 0 Å². The molecule has 1 atom stereocenters. The predicted octanol–water partition coefficient (Wildman–Crippen LogP) is 1.81. The third-order valence-electron chi connectivity index (χ3n) is 2.63. The highest BCUT2D eigenvalue weighted by Crippen LogP contribution is 2.27. The summed E-state index contributed by atoms with van der Waals surface area (Å²) in [6.07, 6.45) is -5.17. The Balaban J connectivity index is 3.16. The lowest BCUT2D eigenvalue weighted by molar-refractivity contribution is -0.175. The molecule has 8 heteroatoms. The van der Waals surface area contributed by atoms with Crippen molar-refractivity contribution in [1.82, 2.24) is 5.32 Å². The van der Waals surface area contributed by atoms with Gasteiger partial charge in [0.25, 0.3) is 0 Å². The number of aromatic hydroxyl groups is 1. The first kappa shape index (κ1) is 15.8. The summed E-state index contributed by atoms with van der Waals surface area (Å²) in [5.74, 6) is -4.06. The van der Waals surface area contributed by atoms with Crippen molar-refractivity contribution in [2.75, 3.05) is 0 Å². The van der Waals surface area contributed by atoms with Gasteiger partial charge >= 0.3 is 18.1 Å². The van der Waals surface area contributed by atoms with Gasteiger partial charge in [-0.25, -0.2) is 4.79 Å². The minimum absolute atomic E-state index is 0.0529. The quantitative estimate of drug-likeness (QED) is 0.792. The van der Waals surface area contributed by atoms with Crippen LogP contribution in [0.15, 0.2) is 12.1 Å². The molecule has 0 saturated carbocycles. The van der Waals surface area contributed by atoms with Crippen molar-refractivity contribution in [2.24, 2.45) is 0 Å². The summed E-state index contributed by atoms with van der Waals surface area (Å²) in [6.45, 7) is 2.94. The van der Waals surface area contributed by atoms with Crippen molar-refractivity contribution in [3.8, 4) is 5.75 Å². The predicted molar refractivity (Wildman–Crippen MR) is 62.2 cm³/mol. The number of carbonyl (C=O) groups excluding carboxylic acids is 1. The highest BCUT2D eigenvalue weighted by Gasteiger charge is 2.41. The first-order chi connectivity index (χ1) is 9.04. The number of benzene rings is 1. The lowest BCUT2D eigenvalue weighted by atomic mass is 10.00. The van der Waals surface area contributed by atoms with Crippen LogP contribution in [0.4, 0.5) is 13.2 Å². The standard InChI is InChI=1S/C12H12F3NO4/c1-5-3-7(4-6(2)9(5)17)8(10(18)19)16-11(20)12(13,14)15/h3-4,8,17H,1-2H3,(H,16,20)(H,18,19). The molecule has 0 spiro atoms. The van der Waals surface area contributed by atoms with Crippen LogP contribution in [0.25, 0.3) is 0 Å². The fourth-order valence-corrected chi connectivity index (χ4v) is 1.66. The number of phenols is 1. The number of aliphatic carboxylic acids is 1. The maximum atomic E-state index is 12.2. The summed E-state index contributed by atoms with van der Waals surface area (Å²) >= 11 is 0. The van der Waals surface area contributed by atoms with E-state index in [-0.39, 0.29) is 11.3 Å². The number of rotatable bonds is 3. The zero-order valence-electron chi connectivity index (χ0n) is 10.6. The Morgan fingerprint density at radius 1 is 1.20 bits per heavy atom. The first-order valence-electron chi connectivity index (χ1n) is 5.44. The van der Waals surface area contributed by atoms with Gasteiger partial charge in [-0.05, 0) is 42.7 Å². The number of carboxylic acid groups (broad SMARTS) is 1. The second kappa shape index (κ2) is 5.40. The monoisotopic (exact) mass is 291 g/mol. The maximum absolute atomic E-state index is 12.2. The van der Waals surface area contributed by atoms with Gasteiger partial charge in [-0.3, -0.25) is 4.79 Å². The Morgan fingerprint density at radius 2 is 1.65 bits per heavy atom. The zero-order chi connectivity index (χ0) is 15.7. The van der Waals surface area contributed by atoms with Crippen molar-refractivity contribution < 1.29 is 33.0 Å². The molecule has 5 nitrogen and oxygen atoms in total. The van der Waals surface area contributed by atoms with E-state index in [1.165, 1.54) is 31.3 Å². The topological polar surface area (TPSA) is 86.6 Å². The Bertz CT molecular complexity index is 531. The van der Waals surface area contributed by atoms with Gasteiger partial charge in [0, 0.05) is 0 Å². The Morgan fingerprint density at radius 3 is 2.00 bits per heavy atom. The third kappa shape index (κ3) is 3.40. The molecule has 0 fully saturated rings. The SMILES string of the molecule is Cc1cc(C(NC(=O)C(F)(F)F)C(=O)O)cc(C)c1O. The fraction of sp³-hybridized carbons (Fsp3) is 0.333. The van der Waals surface area contributed by atoms with Gasteiger partial charge in [-0.1, -0.05) is 0 Å². The average molecular weight is 291 g/mol. The van der Waals surface area contributed by atoms with Crippen LogP contribution in [0.1, 0.15) is 22.7 Å². The molecule has 0 bridgehead atoms. The van der Waals surface area contributed by atoms with Crippen LogP contribution in [0.5, 0.6) is 5.75 Å². The van der Waals surface area contributed by atoms with Gasteiger partial charge in [-0.15, -0.1) is 0 Å². The second-order valence-electron chi connectivity index (χ2n) is 4.25. The summed E-state index contributed by atoms with van der Waals surface area (Å²) in [5.41, 5.74) is 0.544. The van der Waals surface area contributed by atoms with Crippen LogP contribution in [0.3, 0.4) is 0 Å². The molecule has 1 rings (SSSR count). The molecule has 0 heterocycles. The van der Waals surface area contributed by atoms with E-state index in [4.69, 9.17) is 5.11 Å². The lowest BCUT2D eigenvalue weighted by Gasteiger charge is -2.17. The van der Waals surface area contributed by atoms with Crippen LogP contribution < -0.4 is 5.32 Å². The molecule has 0 saturated heterocycles. The first-order valence-corrected chi connectivity index (χ1v) is 5.44. The molecule has 0 radical (unpaired) electrons. The number of alkyl halides is 3. The molecule has 1 aromatic carbocycles. The molecule has 3 N–H and O–H groups in total. The average Bonchev–Trinajstić information content (AvgIpc) is 2.30. The molecule has 20 heavy (non-hydrogen) atoms. The second-order valence-corrected chi connectivity index (χ2v) is 4.25. The van der Waals surface area contributed by atoms with Crippen LogP contribution in [0, 0.1) is 13.8 Å². The van der Waals surface area contributed by atoms with Gasteiger partial charge in [0.05, 0.1) is 0 Å². The third-order valence-corrected chi connectivity index (χ3v) is 2.63. The molecule has 0 aromatic heterocycles. The summed E-state index contributed by atoms with van der Waals surface area (Å²) in [6, 6.07) is 0.567. The van der Waals surface area contributed by atoms with E-state index in [0.717, 1.165) is 0 Å². The van der Waals surface area contributed by atoms with Gasteiger partial charge in [0.15, 0.2) is 6.04 Å². The van der Waals surface area contributed by atoms with Crippen LogP contribution >= 0.6 is 0 Å². The number of halogens is 3. The number of phenolic OH excluding ortho intramolecular Hbond substituents is 1. The van der Waals surface area contributed by atoms with Crippen molar-refractivity contribution in [2.45, 2.75) is 26.1 Å². The number of hydrogen-bond acceptors (Lipinski definition) is 3. The smallest absolute Gasteiger partial charge is 0.471 e. The van der Waals surface area contributed by atoms with Crippen molar-refractivity contribution in [3.05, 3.63) is 28.8 Å². The largest absolute Gasteiger partial charge is 0.507 e. The molecular weight excluding hydrogens is 279 g/mol. The van der Waals surface area contributed by atoms with Crippen LogP contribution in [-0.4, -0.2) is 28.3 Å². The molecule has 0 aliphatic heterocycles. The summed E-state index contributed by atoms with van der Waals surface area (Å²) in [4.78, 5) is 21.9. The van der Waals surface area contributed by atoms with Crippen LogP contribution in [0.2, 0.25) is 0 Å².